The zero-order valence-electron chi connectivity index (χ0n) is 12.1. The third kappa shape index (κ3) is 4.72. The van der Waals surface area contributed by atoms with Gasteiger partial charge in [-0.05, 0) is 18.9 Å². The lowest BCUT2D eigenvalue weighted by molar-refractivity contribution is 0.396. The smallest absolute Gasteiger partial charge is 0.213 e. The Balaban J connectivity index is 1.86. The molecule has 110 valence electrons. The molecule has 0 aliphatic heterocycles. The number of pyridine rings is 1. The van der Waals surface area contributed by atoms with E-state index in [0.29, 0.717) is 24.4 Å². The van der Waals surface area contributed by atoms with Crippen LogP contribution in [0.5, 0.6) is 5.88 Å². The number of ether oxygens (including phenoxy) is 1. The number of hydrogen-bond donors (Lipinski definition) is 2. The van der Waals surface area contributed by atoms with E-state index in [-0.39, 0.29) is 0 Å². The van der Waals surface area contributed by atoms with Gasteiger partial charge in [-0.2, -0.15) is 0 Å². The normalized spacial score (nSPS) is 17.6. The second-order valence-corrected chi connectivity index (χ2v) is 5.21. The second kappa shape index (κ2) is 7.72. The molecular formula is C15H24N4O. The van der Waals surface area contributed by atoms with E-state index in [2.05, 4.69) is 15.3 Å². The molecule has 0 spiro atoms. The van der Waals surface area contributed by atoms with Crippen molar-refractivity contribution in [2.24, 2.45) is 10.7 Å². The lowest BCUT2D eigenvalue weighted by Crippen LogP contribution is -2.39. The monoisotopic (exact) mass is 276 g/mol. The Kier molecular flexibility index (Phi) is 5.65. The molecule has 1 aromatic heterocycles. The third-order valence-electron chi connectivity index (χ3n) is 3.61. The summed E-state index contributed by atoms with van der Waals surface area (Å²) in [6, 6.07) is 6.12. The number of nitrogens with two attached hydrogens (primary N) is 1. The molecule has 3 N–H and O–H groups in total. The highest BCUT2D eigenvalue weighted by Gasteiger charge is 2.12. The van der Waals surface area contributed by atoms with Crippen molar-refractivity contribution in [1.82, 2.24) is 10.3 Å². The van der Waals surface area contributed by atoms with Gasteiger partial charge in [-0.3, -0.25) is 0 Å². The van der Waals surface area contributed by atoms with Gasteiger partial charge in [-0.25, -0.2) is 9.98 Å². The summed E-state index contributed by atoms with van der Waals surface area (Å²) in [4.78, 5) is 8.67. The van der Waals surface area contributed by atoms with Crippen molar-refractivity contribution in [1.29, 1.82) is 0 Å². The van der Waals surface area contributed by atoms with Gasteiger partial charge in [0.1, 0.15) is 0 Å². The van der Waals surface area contributed by atoms with Crippen molar-refractivity contribution in [2.75, 3.05) is 7.11 Å². The highest BCUT2D eigenvalue weighted by Crippen LogP contribution is 2.17. The van der Waals surface area contributed by atoms with Gasteiger partial charge >= 0.3 is 0 Å². The van der Waals surface area contributed by atoms with E-state index in [1.807, 2.05) is 18.2 Å². The number of nitrogens with one attached hydrogen (secondary N) is 1. The van der Waals surface area contributed by atoms with Crippen molar-refractivity contribution in [3.8, 4) is 5.88 Å². The molecule has 2 rings (SSSR count). The van der Waals surface area contributed by atoms with Gasteiger partial charge in [0.25, 0.3) is 0 Å². The first-order valence-corrected chi connectivity index (χ1v) is 7.34. The maximum atomic E-state index is 5.95. The fraction of sp³-hybridized carbons (Fsp3) is 0.600. The summed E-state index contributed by atoms with van der Waals surface area (Å²) in [5.41, 5.74) is 6.81. The summed E-state index contributed by atoms with van der Waals surface area (Å²) in [6.45, 7) is 0.475. The SMILES string of the molecule is COc1cccc(CN=C(N)NC2CCCCCC2)n1. The largest absolute Gasteiger partial charge is 0.481 e. The zero-order valence-corrected chi connectivity index (χ0v) is 12.1. The first-order chi connectivity index (χ1) is 9.78. The van der Waals surface area contributed by atoms with Crippen LogP contribution < -0.4 is 15.8 Å². The van der Waals surface area contributed by atoms with Crippen LogP contribution in [0.25, 0.3) is 0 Å². The molecule has 1 aliphatic rings. The average Bonchev–Trinajstić information content (AvgIpc) is 2.74. The number of aliphatic imine (C=N–C) groups is 1. The Morgan fingerprint density at radius 1 is 1.35 bits per heavy atom. The molecule has 0 atom stereocenters. The first kappa shape index (κ1) is 14.6. The number of guanidine groups is 1. The topological polar surface area (TPSA) is 72.5 Å². The fourth-order valence-electron chi connectivity index (χ4n) is 2.50. The van der Waals surface area contributed by atoms with Crippen molar-refractivity contribution in [2.45, 2.75) is 51.1 Å². The van der Waals surface area contributed by atoms with Crippen molar-refractivity contribution in [3.63, 3.8) is 0 Å². The van der Waals surface area contributed by atoms with E-state index >= 15 is 0 Å². The molecule has 0 bridgehead atoms. The molecule has 0 amide bonds. The summed E-state index contributed by atoms with van der Waals surface area (Å²) < 4.78 is 5.09. The Morgan fingerprint density at radius 3 is 2.80 bits per heavy atom. The molecular weight excluding hydrogens is 252 g/mol. The van der Waals surface area contributed by atoms with Crippen LogP contribution in [0.1, 0.15) is 44.2 Å². The first-order valence-electron chi connectivity index (χ1n) is 7.34. The number of methoxy groups -OCH3 is 1. The zero-order chi connectivity index (χ0) is 14.2. The van der Waals surface area contributed by atoms with E-state index in [4.69, 9.17) is 10.5 Å². The molecule has 0 unspecified atom stereocenters. The summed E-state index contributed by atoms with van der Waals surface area (Å²) in [5, 5.41) is 3.33. The molecule has 0 aromatic carbocycles. The van der Waals surface area contributed by atoms with Crippen LogP contribution in [0.4, 0.5) is 0 Å². The van der Waals surface area contributed by atoms with E-state index in [9.17, 15) is 0 Å². The van der Waals surface area contributed by atoms with Crippen LogP contribution in [0.15, 0.2) is 23.2 Å². The van der Waals surface area contributed by atoms with Gasteiger partial charge in [0.05, 0.1) is 19.3 Å². The highest BCUT2D eigenvalue weighted by molar-refractivity contribution is 5.78. The predicted molar refractivity (Wildman–Crippen MR) is 80.7 cm³/mol. The number of aromatic nitrogens is 1. The standard InChI is InChI=1S/C15H24N4O/c1-20-14-10-6-9-13(18-14)11-17-15(16)19-12-7-4-2-3-5-8-12/h6,9-10,12H,2-5,7-8,11H2,1H3,(H3,16,17,19). The van der Waals surface area contributed by atoms with Gasteiger partial charge in [0, 0.05) is 12.1 Å². The van der Waals surface area contributed by atoms with Gasteiger partial charge in [-0.1, -0.05) is 31.7 Å². The molecule has 0 saturated heterocycles. The predicted octanol–water partition coefficient (Wildman–Crippen LogP) is 2.22. The second-order valence-electron chi connectivity index (χ2n) is 5.21. The van der Waals surface area contributed by atoms with Gasteiger partial charge in [-0.15, -0.1) is 0 Å². The summed E-state index contributed by atoms with van der Waals surface area (Å²) >= 11 is 0. The Morgan fingerprint density at radius 2 is 2.10 bits per heavy atom. The van der Waals surface area contributed by atoms with Crippen molar-refractivity contribution >= 4 is 5.96 Å². The van der Waals surface area contributed by atoms with Crippen LogP contribution in [-0.2, 0) is 6.54 Å². The Bertz CT molecular complexity index is 439. The maximum absolute atomic E-state index is 5.95. The molecule has 5 nitrogen and oxygen atoms in total. The van der Waals surface area contributed by atoms with E-state index in [0.717, 1.165) is 5.69 Å². The highest BCUT2D eigenvalue weighted by atomic mass is 16.5. The summed E-state index contributed by atoms with van der Waals surface area (Å²) in [7, 11) is 1.61. The van der Waals surface area contributed by atoms with E-state index < -0.39 is 0 Å². The van der Waals surface area contributed by atoms with Crippen LogP contribution in [-0.4, -0.2) is 24.1 Å². The van der Waals surface area contributed by atoms with Crippen molar-refractivity contribution in [3.05, 3.63) is 23.9 Å². The van der Waals surface area contributed by atoms with Crippen LogP contribution in [0.3, 0.4) is 0 Å². The van der Waals surface area contributed by atoms with Crippen LogP contribution in [0.2, 0.25) is 0 Å². The molecule has 1 saturated carbocycles. The Labute approximate surface area is 120 Å². The average molecular weight is 276 g/mol. The lowest BCUT2D eigenvalue weighted by Gasteiger charge is -2.16. The van der Waals surface area contributed by atoms with Gasteiger partial charge < -0.3 is 15.8 Å². The molecule has 1 aromatic rings. The minimum absolute atomic E-state index is 0.472. The Hall–Kier alpha value is -1.78. The van der Waals surface area contributed by atoms with E-state index in [1.54, 1.807) is 7.11 Å². The molecule has 20 heavy (non-hydrogen) atoms. The molecule has 5 heteroatoms. The van der Waals surface area contributed by atoms with Crippen molar-refractivity contribution < 1.29 is 4.74 Å². The quantitative estimate of drug-likeness (QED) is 0.502. The molecule has 1 fully saturated rings. The van der Waals surface area contributed by atoms with Crippen LogP contribution >= 0.6 is 0 Å². The van der Waals surface area contributed by atoms with Gasteiger partial charge in [0.15, 0.2) is 5.96 Å². The minimum atomic E-state index is 0.472. The molecule has 1 aliphatic carbocycles. The molecule has 0 radical (unpaired) electrons. The maximum Gasteiger partial charge on any atom is 0.213 e. The van der Waals surface area contributed by atoms with Gasteiger partial charge in [0.2, 0.25) is 5.88 Å². The fourth-order valence-corrected chi connectivity index (χ4v) is 2.50. The lowest BCUT2D eigenvalue weighted by atomic mass is 10.1. The summed E-state index contributed by atoms with van der Waals surface area (Å²) in [5.74, 6) is 1.12. The minimum Gasteiger partial charge on any atom is -0.481 e. The summed E-state index contributed by atoms with van der Waals surface area (Å²) in [6.07, 6.45) is 7.61. The number of hydrogen-bond acceptors (Lipinski definition) is 3. The van der Waals surface area contributed by atoms with E-state index in [1.165, 1.54) is 38.5 Å². The van der Waals surface area contributed by atoms with Crippen LogP contribution in [0, 0.1) is 0 Å². The third-order valence-corrected chi connectivity index (χ3v) is 3.61. The number of nitrogens with zero attached hydrogens (tertiary/aromatic N) is 2. The number of rotatable bonds is 4. The molecule has 1 heterocycles.